The predicted octanol–water partition coefficient (Wildman–Crippen LogP) is 2.63. The zero-order valence-corrected chi connectivity index (χ0v) is 18.1. The molecule has 0 saturated heterocycles. The van der Waals surface area contributed by atoms with Crippen molar-refractivity contribution in [1.82, 2.24) is 0 Å². The lowest BCUT2D eigenvalue weighted by molar-refractivity contribution is 0.318. The lowest BCUT2D eigenvalue weighted by Gasteiger charge is -2.19. The fourth-order valence-corrected chi connectivity index (χ4v) is 3.02. The molecule has 0 aromatic heterocycles. The van der Waals surface area contributed by atoms with Crippen molar-refractivity contribution in [2.24, 2.45) is 0 Å². The van der Waals surface area contributed by atoms with E-state index in [4.69, 9.17) is 14.5 Å². The van der Waals surface area contributed by atoms with E-state index in [0.29, 0.717) is 11.1 Å². The average Bonchev–Trinajstić information content (AvgIpc) is 2.62. The monoisotopic (exact) mass is 459 g/mol. The molecule has 0 radical (unpaired) electrons. The summed E-state index contributed by atoms with van der Waals surface area (Å²) in [6.07, 6.45) is 0. The van der Waals surface area contributed by atoms with Crippen LogP contribution >= 0.6 is 0 Å². The summed E-state index contributed by atoms with van der Waals surface area (Å²) in [7, 11) is -9.63. The zero-order chi connectivity index (χ0) is 22.9. The predicted molar refractivity (Wildman–Crippen MR) is 110 cm³/mol. The molecule has 2 aromatic carbocycles. The van der Waals surface area contributed by atoms with Crippen LogP contribution in [0.2, 0.25) is 0 Å². The highest BCUT2D eigenvalue weighted by Gasteiger charge is 2.20. The molecular formula is C17H21N3O8S2. The molecular weight excluding hydrogens is 438 g/mol. The summed E-state index contributed by atoms with van der Waals surface area (Å²) in [5.74, 6) is 0. The first kappa shape index (κ1) is 23.7. The summed E-state index contributed by atoms with van der Waals surface area (Å²) in [6, 6.07) is 6.45. The summed E-state index contributed by atoms with van der Waals surface area (Å²) in [5, 5.41) is 8.64. The van der Waals surface area contributed by atoms with Crippen molar-refractivity contribution in [3.05, 3.63) is 57.6 Å². The average molecular weight is 460 g/mol. The van der Waals surface area contributed by atoms with E-state index in [0.717, 1.165) is 11.1 Å². The van der Waals surface area contributed by atoms with Crippen LogP contribution in [0.5, 0.6) is 0 Å². The molecule has 0 aliphatic rings. The van der Waals surface area contributed by atoms with E-state index >= 15 is 0 Å². The van der Waals surface area contributed by atoms with Gasteiger partial charge < -0.3 is 0 Å². The van der Waals surface area contributed by atoms with E-state index in [1.807, 2.05) is 0 Å². The van der Waals surface area contributed by atoms with Crippen LogP contribution in [-0.4, -0.2) is 31.7 Å². The SMILES string of the molecule is Cc1ccc(C(=N)c2ccc(C)c(C)c2NOS(=O)(=O)O)c(NOS(=O)(=O)O)c1C. The van der Waals surface area contributed by atoms with Crippen molar-refractivity contribution < 1.29 is 34.5 Å². The second kappa shape index (κ2) is 8.67. The molecule has 0 fully saturated rings. The third-order valence-corrected chi connectivity index (χ3v) is 5.10. The fraction of sp³-hybridized carbons (Fsp3) is 0.235. The molecule has 13 heteroatoms. The first-order valence-corrected chi connectivity index (χ1v) is 11.1. The third-order valence-electron chi connectivity index (χ3n) is 4.51. The smallest absolute Gasteiger partial charge is 0.299 e. The minimum Gasteiger partial charge on any atom is -0.299 e. The Morgan fingerprint density at radius 1 is 0.767 bits per heavy atom. The van der Waals surface area contributed by atoms with Gasteiger partial charge in [0.1, 0.15) is 0 Å². The van der Waals surface area contributed by atoms with Gasteiger partial charge in [0.25, 0.3) is 0 Å². The van der Waals surface area contributed by atoms with Crippen LogP contribution in [0.4, 0.5) is 11.4 Å². The van der Waals surface area contributed by atoms with Gasteiger partial charge in [-0.3, -0.25) is 14.5 Å². The van der Waals surface area contributed by atoms with Gasteiger partial charge in [-0.05, 0) is 49.9 Å². The minimum absolute atomic E-state index is 0.109. The molecule has 30 heavy (non-hydrogen) atoms. The minimum atomic E-state index is -4.81. The van der Waals surface area contributed by atoms with Crippen LogP contribution in [-0.2, 0) is 29.4 Å². The highest BCUT2D eigenvalue weighted by atomic mass is 32.3. The molecule has 0 spiro atoms. The van der Waals surface area contributed by atoms with Crippen LogP contribution in [0.25, 0.3) is 0 Å². The van der Waals surface area contributed by atoms with E-state index in [1.54, 1.807) is 39.8 Å². The van der Waals surface area contributed by atoms with E-state index in [9.17, 15) is 16.8 Å². The molecule has 0 aliphatic heterocycles. The van der Waals surface area contributed by atoms with Crippen molar-refractivity contribution in [3.8, 4) is 0 Å². The quantitative estimate of drug-likeness (QED) is 0.224. The highest BCUT2D eigenvalue weighted by Crippen LogP contribution is 2.31. The van der Waals surface area contributed by atoms with Crippen molar-refractivity contribution in [3.63, 3.8) is 0 Å². The number of benzene rings is 2. The molecule has 164 valence electrons. The molecule has 0 bridgehead atoms. The molecule has 0 unspecified atom stereocenters. The van der Waals surface area contributed by atoms with E-state index in [2.05, 4.69) is 19.5 Å². The Morgan fingerprint density at radius 3 is 1.40 bits per heavy atom. The van der Waals surface area contributed by atoms with Crippen LogP contribution in [0.1, 0.15) is 33.4 Å². The molecule has 0 heterocycles. The highest BCUT2D eigenvalue weighted by molar-refractivity contribution is 7.81. The normalized spacial score (nSPS) is 11.9. The first-order valence-electron chi connectivity index (χ1n) is 8.34. The lowest BCUT2D eigenvalue weighted by Crippen LogP contribution is -2.17. The van der Waals surface area contributed by atoms with Gasteiger partial charge in [0.05, 0.1) is 17.1 Å². The maximum Gasteiger partial charge on any atom is 0.418 e. The Kier molecular flexibility index (Phi) is 6.86. The van der Waals surface area contributed by atoms with Crippen LogP contribution in [0, 0.1) is 33.1 Å². The maximum atomic E-state index is 11.0. The van der Waals surface area contributed by atoms with E-state index < -0.39 is 20.8 Å². The van der Waals surface area contributed by atoms with Gasteiger partial charge in [0.2, 0.25) is 0 Å². The largest absolute Gasteiger partial charge is 0.418 e. The molecule has 2 aromatic rings. The molecule has 11 nitrogen and oxygen atoms in total. The number of rotatable bonds is 8. The summed E-state index contributed by atoms with van der Waals surface area (Å²) in [6.45, 7) is 6.82. The Bertz CT molecular complexity index is 1110. The molecule has 2 rings (SSSR count). The van der Waals surface area contributed by atoms with Crippen molar-refractivity contribution in [1.29, 1.82) is 5.41 Å². The maximum absolute atomic E-state index is 11.0. The van der Waals surface area contributed by atoms with Crippen LogP contribution < -0.4 is 11.0 Å². The van der Waals surface area contributed by atoms with Gasteiger partial charge >= 0.3 is 20.8 Å². The Balaban J connectivity index is 2.61. The molecule has 0 saturated carbocycles. The number of hydrogen-bond donors (Lipinski definition) is 5. The van der Waals surface area contributed by atoms with Gasteiger partial charge in [-0.15, -0.1) is 8.57 Å². The van der Waals surface area contributed by atoms with Crippen molar-refractivity contribution in [2.45, 2.75) is 27.7 Å². The summed E-state index contributed by atoms with van der Waals surface area (Å²) < 4.78 is 70.2. The first-order chi connectivity index (χ1) is 13.7. The second-order valence-electron chi connectivity index (χ2n) is 6.46. The Morgan fingerprint density at radius 2 is 1.10 bits per heavy atom. The summed E-state index contributed by atoms with van der Waals surface area (Å²) >= 11 is 0. The van der Waals surface area contributed by atoms with Gasteiger partial charge in [-0.25, -0.2) is 11.0 Å². The summed E-state index contributed by atoms with van der Waals surface area (Å²) in [5.41, 5.74) is 7.36. The number of nitrogens with one attached hydrogen (secondary N) is 3. The number of hydrogen-bond acceptors (Lipinski definition) is 9. The second-order valence-corrected chi connectivity index (χ2v) is 8.51. The van der Waals surface area contributed by atoms with Crippen molar-refractivity contribution in [2.75, 3.05) is 11.0 Å². The van der Waals surface area contributed by atoms with Crippen molar-refractivity contribution >= 4 is 37.9 Å². The number of aryl methyl sites for hydroxylation is 2. The summed E-state index contributed by atoms with van der Waals surface area (Å²) in [4.78, 5) is 0. The number of anilines is 2. The molecule has 5 N–H and O–H groups in total. The van der Waals surface area contributed by atoms with Gasteiger partial charge in [-0.1, -0.05) is 24.3 Å². The third kappa shape index (κ3) is 5.75. The lowest BCUT2D eigenvalue weighted by atomic mass is 9.93. The zero-order valence-electron chi connectivity index (χ0n) is 16.5. The molecule has 0 aliphatic carbocycles. The topological polar surface area (TPSA) is 175 Å². The van der Waals surface area contributed by atoms with Gasteiger partial charge in [0.15, 0.2) is 0 Å². The van der Waals surface area contributed by atoms with Gasteiger partial charge in [0, 0.05) is 11.1 Å². The van der Waals surface area contributed by atoms with E-state index in [1.165, 1.54) is 12.1 Å². The Hall–Kier alpha value is -2.55. The van der Waals surface area contributed by atoms with Gasteiger partial charge in [-0.2, -0.15) is 16.8 Å². The van der Waals surface area contributed by atoms with E-state index in [-0.39, 0.29) is 28.2 Å². The molecule has 0 atom stereocenters. The standard InChI is InChI=1S/C17H21N3O8S2/c1-9-5-7-13(16(11(9)3)19-27-29(21,22)23)15(18)14-8-6-10(2)12(4)17(14)20-28-30(24,25)26/h5-8,18-20H,1-4H3,(H,21,22,23)(H,24,25,26). The fourth-order valence-electron chi connectivity index (χ4n) is 2.65. The molecule has 0 amide bonds. The Labute approximate surface area is 174 Å². The van der Waals surface area contributed by atoms with Crippen LogP contribution in [0.3, 0.4) is 0 Å². The van der Waals surface area contributed by atoms with Crippen LogP contribution in [0.15, 0.2) is 24.3 Å².